The molecule has 3 nitrogen and oxygen atoms in total. The lowest BCUT2D eigenvalue weighted by Crippen LogP contribution is -2.12. The highest BCUT2D eigenvalue weighted by Gasteiger charge is 2.09. The first-order valence-corrected chi connectivity index (χ1v) is 6.83. The second-order valence-corrected chi connectivity index (χ2v) is 6.15. The van der Waals surface area contributed by atoms with Gasteiger partial charge in [0.2, 0.25) is 0 Å². The SMILES string of the molecule is CC(C)(C)CCNc1cnn(Cc2ccccc2)c1. The lowest BCUT2D eigenvalue weighted by Gasteiger charge is -2.17. The molecule has 0 bridgehead atoms. The molecule has 0 amide bonds. The number of anilines is 1. The van der Waals surface area contributed by atoms with E-state index >= 15 is 0 Å². The Labute approximate surface area is 115 Å². The second-order valence-electron chi connectivity index (χ2n) is 6.15. The minimum atomic E-state index is 0.368. The van der Waals surface area contributed by atoms with E-state index in [0.29, 0.717) is 5.41 Å². The van der Waals surface area contributed by atoms with E-state index in [-0.39, 0.29) is 0 Å². The molecule has 0 spiro atoms. The van der Waals surface area contributed by atoms with Crippen LogP contribution in [-0.2, 0) is 6.54 Å². The fourth-order valence-corrected chi connectivity index (χ4v) is 1.89. The first-order chi connectivity index (χ1) is 9.03. The molecule has 1 N–H and O–H groups in total. The lowest BCUT2D eigenvalue weighted by molar-refractivity contribution is 0.390. The molecular formula is C16H23N3. The van der Waals surface area contributed by atoms with Crippen molar-refractivity contribution in [3.8, 4) is 0 Å². The molecule has 0 saturated heterocycles. The molecule has 102 valence electrons. The van der Waals surface area contributed by atoms with E-state index in [9.17, 15) is 0 Å². The van der Waals surface area contributed by atoms with E-state index < -0.39 is 0 Å². The summed E-state index contributed by atoms with van der Waals surface area (Å²) in [4.78, 5) is 0. The van der Waals surface area contributed by atoms with Crippen molar-refractivity contribution in [2.75, 3.05) is 11.9 Å². The minimum absolute atomic E-state index is 0.368. The topological polar surface area (TPSA) is 29.9 Å². The molecule has 0 atom stereocenters. The third kappa shape index (κ3) is 4.78. The molecule has 0 saturated carbocycles. The first kappa shape index (κ1) is 13.7. The van der Waals surface area contributed by atoms with Crippen LogP contribution in [0.2, 0.25) is 0 Å². The van der Waals surface area contributed by atoms with Gasteiger partial charge in [0.1, 0.15) is 0 Å². The Bertz CT molecular complexity index is 494. The van der Waals surface area contributed by atoms with Gasteiger partial charge >= 0.3 is 0 Å². The molecule has 0 aliphatic carbocycles. The Kier molecular flexibility index (Phi) is 4.25. The zero-order valence-electron chi connectivity index (χ0n) is 12.1. The molecule has 19 heavy (non-hydrogen) atoms. The van der Waals surface area contributed by atoms with Crippen molar-refractivity contribution in [1.82, 2.24) is 9.78 Å². The monoisotopic (exact) mass is 257 g/mol. The maximum Gasteiger partial charge on any atom is 0.0726 e. The van der Waals surface area contributed by atoms with E-state index in [0.717, 1.165) is 25.2 Å². The Morgan fingerprint density at radius 1 is 1.16 bits per heavy atom. The van der Waals surface area contributed by atoms with Crippen molar-refractivity contribution in [2.45, 2.75) is 33.7 Å². The fraction of sp³-hybridized carbons (Fsp3) is 0.438. The van der Waals surface area contributed by atoms with Crippen molar-refractivity contribution in [2.24, 2.45) is 5.41 Å². The van der Waals surface area contributed by atoms with Crippen LogP contribution in [0.5, 0.6) is 0 Å². The summed E-state index contributed by atoms with van der Waals surface area (Å²) in [5, 5.41) is 7.80. The van der Waals surface area contributed by atoms with Gasteiger partial charge in [-0.3, -0.25) is 4.68 Å². The Hall–Kier alpha value is -1.77. The van der Waals surface area contributed by atoms with Crippen molar-refractivity contribution < 1.29 is 0 Å². The molecule has 3 heteroatoms. The molecule has 0 aliphatic rings. The van der Waals surface area contributed by atoms with E-state index in [1.807, 2.05) is 16.9 Å². The Morgan fingerprint density at radius 2 is 1.89 bits per heavy atom. The third-order valence-electron chi connectivity index (χ3n) is 3.02. The average molecular weight is 257 g/mol. The van der Waals surface area contributed by atoms with Gasteiger partial charge in [0.05, 0.1) is 18.4 Å². The molecular weight excluding hydrogens is 234 g/mol. The third-order valence-corrected chi connectivity index (χ3v) is 3.02. The Balaban J connectivity index is 1.86. The summed E-state index contributed by atoms with van der Waals surface area (Å²) in [6.45, 7) is 8.58. The highest BCUT2D eigenvalue weighted by molar-refractivity contribution is 5.38. The number of hydrogen-bond acceptors (Lipinski definition) is 2. The smallest absolute Gasteiger partial charge is 0.0726 e. The van der Waals surface area contributed by atoms with Crippen LogP contribution in [0.3, 0.4) is 0 Å². The number of nitrogens with zero attached hydrogens (tertiary/aromatic N) is 2. The standard InChI is InChI=1S/C16H23N3/c1-16(2,3)9-10-17-15-11-18-19(13-15)12-14-7-5-4-6-8-14/h4-8,11,13,17H,9-10,12H2,1-3H3. The van der Waals surface area contributed by atoms with Crippen molar-refractivity contribution in [3.05, 3.63) is 48.3 Å². The molecule has 1 aromatic heterocycles. The minimum Gasteiger partial charge on any atom is -0.382 e. The van der Waals surface area contributed by atoms with Crippen molar-refractivity contribution in [3.63, 3.8) is 0 Å². The zero-order chi connectivity index (χ0) is 13.7. The van der Waals surface area contributed by atoms with Crippen molar-refractivity contribution >= 4 is 5.69 Å². The summed E-state index contributed by atoms with van der Waals surface area (Å²) >= 11 is 0. The van der Waals surface area contributed by atoms with Crippen molar-refractivity contribution in [1.29, 1.82) is 0 Å². The van der Waals surface area contributed by atoms with Crippen LogP contribution in [0.4, 0.5) is 5.69 Å². The first-order valence-electron chi connectivity index (χ1n) is 6.83. The van der Waals surface area contributed by atoms with E-state index in [1.165, 1.54) is 5.56 Å². The number of aromatic nitrogens is 2. The van der Waals surface area contributed by atoms with Gasteiger partial charge in [-0.2, -0.15) is 5.10 Å². The normalized spacial score (nSPS) is 11.5. The predicted molar refractivity (Wildman–Crippen MR) is 80.3 cm³/mol. The predicted octanol–water partition coefficient (Wildman–Crippen LogP) is 3.78. The summed E-state index contributed by atoms with van der Waals surface area (Å²) in [5.74, 6) is 0. The summed E-state index contributed by atoms with van der Waals surface area (Å²) in [7, 11) is 0. The van der Waals surface area contributed by atoms with Crippen LogP contribution in [0.25, 0.3) is 0 Å². The molecule has 0 fully saturated rings. The molecule has 0 radical (unpaired) electrons. The average Bonchev–Trinajstić information content (AvgIpc) is 2.76. The number of benzene rings is 1. The molecule has 0 aliphatic heterocycles. The largest absolute Gasteiger partial charge is 0.382 e. The van der Waals surface area contributed by atoms with Crippen LogP contribution < -0.4 is 5.32 Å². The molecule has 1 heterocycles. The quantitative estimate of drug-likeness (QED) is 0.883. The van der Waals surface area contributed by atoms with Gasteiger partial charge in [-0.1, -0.05) is 51.1 Å². The summed E-state index contributed by atoms with van der Waals surface area (Å²) < 4.78 is 1.97. The van der Waals surface area contributed by atoms with Crippen LogP contribution in [0.15, 0.2) is 42.7 Å². The van der Waals surface area contributed by atoms with Crippen LogP contribution in [-0.4, -0.2) is 16.3 Å². The highest BCUT2D eigenvalue weighted by atomic mass is 15.3. The zero-order valence-corrected chi connectivity index (χ0v) is 12.1. The summed E-state index contributed by atoms with van der Waals surface area (Å²) in [5.41, 5.74) is 2.74. The second kappa shape index (κ2) is 5.91. The maximum atomic E-state index is 4.38. The van der Waals surface area contributed by atoms with E-state index in [1.54, 1.807) is 0 Å². The molecule has 2 rings (SSSR count). The van der Waals surface area contributed by atoms with Gasteiger partial charge in [-0.15, -0.1) is 0 Å². The van der Waals surface area contributed by atoms with Crippen LogP contribution >= 0.6 is 0 Å². The maximum absolute atomic E-state index is 4.38. The molecule has 2 aromatic rings. The van der Waals surface area contributed by atoms with Gasteiger partial charge in [0.15, 0.2) is 0 Å². The Morgan fingerprint density at radius 3 is 2.58 bits per heavy atom. The lowest BCUT2D eigenvalue weighted by atomic mass is 9.92. The van der Waals surface area contributed by atoms with Gasteiger partial charge in [-0.05, 0) is 17.4 Å². The van der Waals surface area contributed by atoms with E-state index in [4.69, 9.17) is 0 Å². The number of nitrogens with one attached hydrogen (secondary N) is 1. The highest BCUT2D eigenvalue weighted by Crippen LogP contribution is 2.18. The van der Waals surface area contributed by atoms with Crippen LogP contribution in [0.1, 0.15) is 32.8 Å². The van der Waals surface area contributed by atoms with Gasteiger partial charge in [-0.25, -0.2) is 0 Å². The molecule has 0 unspecified atom stereocenters. The number of rotatable bonds is 5. The summed E-state index contributed by atoms with van der Waals surface area (Å²) in [6.07, 6.45) is 5.11. The fourth-order valence-electron chi connectivity index (χ4n) is 1.89. The number of hydrogen-bond donors (Lipinski definition) is 1. The van der Waals surface area contributed by atoms with E-state index in [2.05, 4.69) is 61.6 Å². The van der Waals surface area contributed by atoms with Crippen LogP contribution in [0, 0.1) is 5.41 Å². The van der Waals surface area contributed by atoms with Gasteiger partial charge in [0.25, 0.3) is 0 Å². The summed E-state index contributed by atoms with van der Waals surface area (Å²) in [6, 6.07) is 10.4. The van der Waals surface area contributed by atoms with Gasteiger partial charge < -0.3 is 5.32 Å². The molecule has 1 aromatic carbocycles. The van der Waals surface area contributed by atoms with Gasteiger partial charge in [0, 0.05) is 12.7 Å².